The average Bonchev–Trinajstić information content (AvgIpc) is 3.13. The molecule has 0 saturated carbocycles. The third-order valence-electron chi connectivity index (χ3n) is 4.05. The Morgan fingerprint density at radius 3 is 2.12 bits per heavy atom. The monoisotopic (exact) mass is 350 g/mol. The maximum atomic E-state index is 11.8. The number of urea groups is 1. The Morgan fingerprint density at radius 2 is 1.54 bits per heavy atom. The van der Waals surface area contributed by atoms with E-state index in [1.54, 1.807) is 0 Å². The summed E-state index contributed by atoms with van der Waals surface area (Å²) in [6.07, 6.45) is 2.01. The topological polar surface area (TPSA) is 80.0 Å². The van der Waals surface area contributed by atoms with Crippen LogP contribution in [0.4, 0.5) is 10.5 Å². The van der Waals surface area contributed by atoms with Gasteiger partial charge in [0.2, 0.25) is 0 Å². The van der Waals surface area contributed by atoms with Gasteiger partial charge in [-0.25, -0.2) is 9.42 Å². The summed E-state index contributed by atoms with van der Waals surface area (Å²) >= 11 is 0. The second-order valence-corrected chi connectivity index (χ2v) is 6.14. The minimum atomic E-state index is -0.199. The molecule has 0 aliphatic heterocycles. The molecule has 0 saturated heterocycles. The predicted octanol–water partition coefficient (Wildman–Crippen LogP) is 4.63. The van der Waals surface area contributed by atoms with Gasteiger partial charge in [0.15, 0.2) is 0 Å². The lowest BCUT2D eigenvalue weighted by molar-refractivity contribution is 0.252. The lowest BCUT2D eigenvalue weighted by atomic mass is 10.0. The molecule has 1 heterocycles. The molecule has 134 valence electrons. The molecule has 0 atom stereocenters. The third kappa shape index (κ3) is 4.27. The van der Waals surface area contributed by atoms with Gasteiger partial charge in [-0.15, -0.1) is 0 Å². The first-order chi connectivity index (χ1) is 12.7. The summed E-state index contributed by atoms with van der Waals surface area (Å²) in [6, 6.07) is 15.3. The molecule has 6 heteroatoms. The van der Waals surface area contributed by atoms with Gasteiger partial charge in [-0.05, 0) is 35.8 Å². The standard InChI is InChI=1S/C20H22N4O2/c1-3-4-13-21-20(25)22-17-11-9-16(10-12-17)19-18(23-26-24-19)15-7-5-14(2)6-8-15/h5-12H,3-4,13H2,1-2H3,(H2,21,22,25). The molecule has 0 aliphatic carbocycles. The smallest absolute Gasteiger partial charge is 0.319 e. The molecule has 3 aromatic rings. The summed E-state index contributed by atoms with van der Waals surface area (Å²) in [6.45, 7) is 4.79. The summed E-state index contributed by atoms with van der Waals surface area (Å²) in [7, 11) is 0. The van der Waals surface area contributed by atoms with E-state index in [1.807, 2.05) is 55.5 Å². The molecular weight excluding hydrogens is 328 g/mol. The minimum absolute atomic E-state index is 0.199. The van der Waals surface area contributed by atoms with E-state index >= 15 is 0 Å². The molecule has 3 rings (SSSR count). The fourth-order valence-electron chi connectivity index (χ4n) is 2.54. The number of nitrogens with one attached hydrogen (secondary N) is 2. The van der Waals surface area contributed by atoms with Gasteiger partial charge in [0.25, 0.3) is 0 Å². The van der Waals surface area contributed by atoms with Crippen molar-refractivity contribution >= 4 is 11.7 Å². The van der Waals surface area contributed by atoms with E-state index in [4.69, 9.17) is 4.63 Å². The quantitative estimate of drug-likeness (QED) is 0.635. The van der Waals surface area contributed by atoms with Crippen molar-refractivity contribution in [3.8, 4) is 22.5 Å². The van der Waals surface area contributed by atoms with Crippen molar-refractivity contribution in [1.29, 1.82) is 0 Å². The third-order valence-corrected chi connectivity index (χ3v) is 4.05. The van der Waals surface area contributed by atoms with Gasteiger partial charge in [-0.3, -0.25) is 0 Å². The zero-order valence-corrected chi connectivity index (χ0v) is 15.0. The zero-order chi connectivity index (χ0) is 18.4. The van der Waals surface area contributed by atoms with Crippen LogP contribution in [0.5, 0.6) is 0 Å². The van der Waals surface area contributed by atoms with Gasteiger partial charge in [-0.1, -0.05) is 55.3 Å². The van der Waals surface area contributed by atoms with E-state index in [0.717, 1.165) is 29.7 Å². The molecule has 0 radical (unpaired) electrons. The van der Waals surface area contributed by atoms with Crippen LogP contribution < -0.4 is 10.6 Å². The second kappa shape index (κ2) is 8.29. The number of nitrogens with zero attached hydrogens (tertiary/aromatic N) is 2. The molecule has 0 bridgehead atoms. The molecule has 0 fully saturated rings. The van der Waals surface area contributed by atoms with E-state index in [1.165, 1.54) is 5.56 Å². The Labute approximate surface area is 152 Å². The predicted molar refractivity (Wildman–Crippen MR) is 102 cm³/mol. The largest absolute Gasteiger partial charge is 0.338 e. The van der Waals surface area contributed by atoms with Crippen LogP contribution in [0.15, 0.2) is 53.2 Å². The Morgan fingerprint density at radius 1 is 0.962 bits per heavy atom. The number of aromatic nitrogens is 2. The van der Waals surface area contributed by atoms with Gasteiger partial charge < -0.3 is 10.6 Å². The van der Waals surface area contributed by atoms with Crippen molar-refractivity contribution in [3.63, 3.8) is 0 Å². The van der Waals surface area contributed by atoms with E-state index in [9.17, 15) is 4.79 Å². The highest BCUT2D eigenvalue weighted by Crippen LogP contribution is 2.29. The van der Waals surface area contributed by atoms with Crippen LogP contribution in [0.2, 0.25) is 0 Å². The van der Waals surface area contributed by atoms with Crippen LogP contribution in [-0.2, 0) is 0 Å². The summed E-state index contributed by atoms with van der Waals surface area (Å²) < 4.78 is 4.95. The van der Waals surface area contributed by atoms with Gasteiger partial charge in [-0.2, -0.15) is 0 Å². The number of benzene rings is 2. The number of rotatable bonds is 6. The lowest BCUT2D eigenvalue weighted by Crippen LogP contribution is -2.29. The van der Waals surface area contributed by atoms with E-state index in [-0.39, 0.29) is 6.03 Å². The van der Waals surface area contributed by atoms with Crippen LogP contribution in [0.1, 0.15) is 25.3 Å². The first-order valence-corrected chi connectivity index (χ1v) is 8.72. The van der Waals surface area contributed by atoms with Crippen molar-refractivity contribution in [2.24, 2.45) is 0 Å². The molecular formula is C20H22N4O2. The summed E-state index contributed by atoms with van der Waals surface area (Å²) in [5.41, 5.74) is 5.09. The fraction of sp³-hybridized carbons (Fsp3) is 0.250. The van der Waals surface area contributed by atoms with Crippen LogP contribution in [0.3, 0.4) is 0 Å². The minimum Gasteiger partial charge on any atom is -0.338 e. The molecule has 0 unspecified atom stereocenters. The number of anilines is 1. The SMILES string of the molecule is CCCCNC(=O)Nc1ccc(-c2nonc2-c2ccc(C)cc2)cc1. The van der Waals surface area contributed by atoms with Crippen molar-refractivity contribution in [2.45, 2.75) is 26.7 Å². The number of carbonyl (C=O) groups excluding carboxylic acids is 1. The van der Waals surface area contributed by atoms with E-state index < -0.39 is 0 Å². The van der Waals surface area contributed by atoms with E-state index in [2.05, 4.69) is 27.9 Å². The van der Waals surface area contributed by atoms with E-state index in [0.29, 0.717) is 17.9 Å². The Balaban J connectivity index is 1.72. The summed E-state index contributed by atoms with van der Waals surface area (Å²) in [5, 5.41) is 13.7. The number of aryl methyl sites for hydroxylation is 1. The first kappa shape index (κ1) is 17.7. The summed E-state index contributed by atoms with van der Waals surface area (Å²) in [4.78, 5) is 11.8. The Kier molecular flexibility index (Phi) is 5.63. The maximum Gasteiger partial charge on any atom is 0.319 e. The van der Waals surface area contributed by atoms with Crippen LogP contribution in [0, 0.1) is 6.92 Å². The van der Waals surface area contributed by atoms with Crippen molar-refractivity contribution in [1.82, 2.24) is 15.6 Å². The molecule has 6 nitrogen and oxygen atoms in total. The molecule has 0 spiro atoms. The van der Waals surface area contributed by atoms with Gasteiger partial charge >= 0.3 is 6.03 Å². The number of carbonyl (C=O) groups is 1. The first-order valence-electron chi connectivity index (χ1n) is 8.72. The number of amides is 2. The van der Waals surface area contributed by atoms with Crippen molar-refractivity contribution in [3.05, 3.63) is 54.1 Å². The van der Waals surface area contributed by atoms with Crippen LogP contribution in [0.25, 0.3) is 22.5 Å². The highest BCUT2D eigenvalue weighted by atomic mass is 16.6. The van der Waals surface area contributed by atoms with Gasteiger partial charge in [0, 0.05) is 23.4 Å². The van der Waals surface area contributed by atoms with Gasteiger partial charge in [0.1, 0.15) is 11.4 Å². The maximum absolute atomic E-state index is 11.8. The molecule has 26 heavy (non-hydrogen) atoms. The lowest BCUT2D eigenvalue weighted by Gasteiger charge is -2.07. The van der Waals surface area contributed by atoms with Gasteiger partial charge in [0.05, 0.1) is 0 Å². The van der Waals surface area contributed by atoms with Crippen LogP contribution in [-0.4, -0.2) is 22.9 Å². The summed E-state index contributed by atoms with van der Waals surface area (Å²) in [5.74, 6) is 0. The molecule has 2 N–H and O–H groups in total. The fourth-order valence-corrected chi connectivity index (χ4v) is 2.54. The highest BCUT2D eigenvalue weighted by molar-refractivity contribution is 5.89. The number of hydrogen-bond acceptors (Lipinski definition) is 4. The molecule has 2 aromatic carbocycles. The highest BCUT2D eigenvalue weighted by Gasteiger charge is 2.14. The number of unbranched alkanes of at least 4 members (excludes halogenated alkanes) is 1. The van der Waals surface area contributed by atoms with Crippen molar-refractivity contribution < 1.29 is 9.42 Å². The molecule has 1 aromatic heterocycles. The molecule has 0 aliphatic rings. The van der Waals surface area contributed by atoms with Crippen LogP contribution >= 0.6 is 0 Å². The second-order valence-electron chi connectivity index (χ2n) is 6.14. The normalized spacial score (nSPS) is 10.5. The Hall–Kier alpha value is -3.15. The Bertz CT molecular complexity index is 854. The number of hydrogen-bond donors (Lipinski definition) is 2. The zero-order valence-electron chi connectivity index (χ0n) is 15.0. The van der Waals surface area contributed by atoms with Crippen molar-refractivity contribution in [2.75, 3.05) is 11.9 Å². The molecule has 2 amide bonds. The average molecular weight is 350 g/mol.